The van der Waals surface area contributed by atoms with E-state index in [9.17, 15) is 0 Å². The molecule has 0 saturated carbocycles. The Morgan fingerprint density at radius 1 is 1.27 bits per heavy atom. The van der Waals surface area contributed by atoms with Gasteiger partial charge in [-0.05, 0) is 32.9 Å². The predicted octanol–water partition coefficient (Wildman–Crippen LogP) is 1.09. The van der Waals surface area contributed by atoms with Crippen molar-refractivity contribution >= 4 is 9.76 Å². The highest BCUT2D eigenvalue weighted by Gasteiger charge is 2.09. The van der Waals surface area contributed by atoms with E-state index in [1.165, 1.54) is 32.4 Å². The van der Waals surface area contributed by atoms with Crippen LogP contribution in [0.3, 0.4) is 0 Å². The second-order valence-electron chi connectivity index (χ2n) is 2.91. The van der Waals surface area contributed by atoms with Crippen molar-refractivity contribution in [2.24, 2.45) is 0 Å². The Kier molecular flexibility index (Phi) is 4.82. The molecule has 11 heavy (non-hydrogen) atoms. The second kappa shape index (κ2) is 5.74. The first kappa shape index (κ1) is 9.23. The summed E-state index contributed by atoms with van der Waals surface area (Å²) in [5, 5.41) is 0. The molecule has 0 aliphatic carbocycles. The van der Waals surface area contributed by atoms with Crippen LogP contribution in [0.25, 0.3) is 0 Å². The van der Waals surface area contributed by atoms with Gasteiger partial charge in [0.25, 0.3) is 0 Å². The molecule has 64 valence electrons. The molecule has 1 aliphatic heterocycles. The van der Waals surface area contributed by atoms with Crippen molar-refractivity contribution in [3.63, 3.8) is 0 Å². The molecule has 0 spiro atoms. The van der Waals surface area contributed by atoms with Crippen molar-refractivity contribution < 1.29 is 4.43 Å². The average Bonchev–Trinajstić information content (AvgIpc) is 2.07. The van der Waals surface area contributed by atoms with E-state index in [2.05, 4.69) is 11.8 Å². The highest BCUT2D eigenvalue weighted by molar-refractivity contribution is 6.27. The largest absolute Gasteiger partial charge is 0.416 e. The summed E-state index contributed by atoms with van der Waals surface area (Å²) in [7, 11) is 0.689. The second-order valence-corrected chi connectivity index (χ2v) is 3.81. The van der Waals surface area contributed by atoms with Gasteiger partial charge in [-0.25, -0.2) is 0 Å². The maximum Gasteiger partial charge on any atom is 0.245 e. The Labute approximate surface area is 71.9 Å². The number of likely N-dealkylation sites (tertiary alicyclic amines) is 1. The lowest BCUT2D eigenvalue weighted by Gasteiger charge is -2.25. The monoisotopic (exact) mass is 171 g/mol. The normalized spacial score (nSPS) is 20.5. The van der Waals surface area contributed by atoms with E-state index in [1.54, 1.807) is 0 Å². The highest BCUT2D eigenvalue weighted by Crippen LogP contribution is 2.06. The maximum absolute atomic E-state index is 5.32. The summed E-state index contributed by atoms with van der Waals surface area (Å²) >= 11 is 0. The van der Waals surface area contributed by atoms with Crippen molar-refractivity contribution in [3.05, 3.63) is 0 Å². The molecule has 1 aliphatic rings. The van der Waals surface area contributed by atoms with Gasteiger partial charge in [-0.2, -0.15) is 0 Å². The molecule has 1 saturated heterocycles. The quantitative estimate of drug-likeness (QED) is 0.464. The van der Waals surface area contributed by atoms with Crippen LogP contribution in [-0.2, 0) is 4.43 Å². The van der Waals surface area contributed by atoms with E-state index in [1.807, 2.05) is 0 Å². The van der Waals surface area contributed by atoms with Crippen LogP contribution in [0.2, 0.25) is 0 Å². The first-order chi connectivity index (χ1) is 5.43. The van der Waals surface area contributed by atoms with E-state index >= 15 is 0 Å². The van der Waals surface area contributed by atoms with Crippen LogP contribution >= 0.6 is 0 Å². The molecule has 1 rings (SSSR count). The van der Waals surface area contributed by atoms with Gasteiger partial charge in [0, 0.05) is 12.8 Å². The fourth-order valence-corrected chi connectivity index (χ4v) is 2.15. The first-order valence-corrected chi connectivity index (χ1v) is 5.62. The number of hydrogen-bond donors (Lipinski definition) is 0. The van der Waals surface area contributed by atoms with Gasteiger partial charge in [0.15, 0.2) is 0 Å². The van der Waals surface area contributed by atoms with Crippen LogP contribution in [-0.4, -0.2) is 40.5 Å². The Morgan fingerprint density at radius 2 is 2.00 bits per heavy atom. The van der Waals surface area contributed by atoms with Gasteiger partial charge >= 0.3 is 0 Å². The number of rotatable bonds is 4. The zero-order chi connectivity index (χ0) is 7.94. The van der Waals surface area contributed by atoms with E-state index in [0.29, 0.717) is 9.76 Å². The predicted molar refractivity (Wildman–Crippen MR) is 47.7 cm³/mol. The zero-order valence-corrected chi connectivity index (χ0v) is 8.31. The van der Waals surface area contributed by atoms with Gasteiger partial charge < -0.3 is 9.33 Å². The lowest BCUT2D eigenvalue weighted by atomic mass is 10.1. The van der Waals surface area contributed by atoms with Crippen molar-refractivity contribution in [1.29, 1.82) is 0 Å². The minimum atomic E-state index is 0.689. The Morgan fingerprint density at radius 3 is 2.64 bits per heavy atom. The molecular weight excluding hydrogens is 154 g/mol. The lowest BCUT2D eigenvalue weighted by Crippen LogP contribution is -2.33. The third-order valence-corrected chi connectivity index (χ3v) is 3.05. The summed E-state index contributed by atoms with van der Waals surface area (Å²) in [6.07, 6.45) is 5.36. The van der Waals surface area contributed by atoms with E-state index in [0.717, 1.165) is 12.8 Å². The number of nitrogens with zero attached hydrogens (tertiary/aromatic N) is 1. The van der Waals surface area contributed by atoms with Crippen LogP contribution in [0.4, 0.5) is 0 Å². The van der Waals surface area contributed by atoms with Crippen LogP contribution < -0.4 is 0 Å². The molecule has 0 unspecified atom stereocenters. The number of piperidine rings is 1. The van der Waals surface area contributed by atoms with Crippen molar-refractivity contribution in [2.45, 2.75) is 26.2 Å². The molecule has 0 aromatic heterocycles. The van der Waals surface area contributed by atoms with Gasteiger partial charge in [-0.1, -0.05) is 6.42 Å². The standard InChI is InChI=1S/C8H17NOSi/c1-2-10-11-8-9-6-4-3-5-7-9/h2-8H2,1H3. The maximum atomic E-state index is 5.32. The molecule has 0 aromatic carbocycles. The lowest BCUT2D eigenvalue weighted by molar-refractivity contribution is 0.247. The topological polar surface area (TPSA) is 12.5 Å². The average molecular weight is 171 g/mol. The van der Waals surface area contributed by atoms with E-state index in [4.69, 9.17) is 4.43 Å². The summed E-state index contributed by atoms with van der Waals surface area (Å²) in [4.78, 5) is 2.51. The van der Waals surface area contributed by atoms with Crippen molar-refractivity contribution in [1.82, 2.24) is 4.90 Å². The third-order valence-electron chi connectivity index (χ3n) is 1.98. The Bertz CT molecular complexity index is 94.1. The third kappa shape index (κ3) is 3.89. The van der Waals surface area contributed by atoms with Gasteiger partial charge in [-0.3, -0.25) is 0 Å². The van der Waals surface area contributed by atoms with Gasteiger partial charge in [0.2, 0.25) is 9.76 Å². The molecule has 0 bridgehead atoms. The van der Waals surface area contributed by atoms with Crippen LogP contribution in [0.5, 0.6) is 0 Å². The Hall–Kier alpha value is 0.137. The highest BCUT2D eigenvalue weighted by atomic mass is 28.2. The van der Waals surface area contributed by atoms with Crippen LogP contribution in [0.1, 0.15) is 26.2 Å². The summed E-state index contributed by atoms with van der Waals surface area (Å²) in [6, 6.07) is 0. The van der Waals surface area contributed by atoms with Gasteiger partial charge in [0.1, 0.15) is 0 Å². The molecule has 0 atom stereocenters. The fourth-order valence-electron chi connectivity index (χ4n) is 1.36. The molecule has 0 aromatic rings. The molecule has 1 heterocycles. The van der Waals surface area contributed by atoms with Crippen molar-refractivity contribution in [3.8, 4) is 0 Å². The molecule has 0 N–H and O–H groups in total. The molecule has 2 radical (unpaired) electrons. The zero-order valence-electron chi connectivity index (χ0n) is 7.31. The van der Waals surface area contributed by atoms with E-state index in [-0.39, 0.29) is 0 Å². The van der Waals surface area contributed by atoms with Crippen LogP contribution in [0, 0.1) is 0 Å². The summed E-state index contributed by atoms with van der Waals surface area (Å²) in [5.41, 5.74) is 0. The number of hydrogen-bond acceptors (Lipinski definition) is 2. The fraction of sp³-hybridized carbons (Fsp3) is 1.00. The van der Waals surface area contributed by atoms with Gasteiger partial charge in [0.05, 0.1) is 0 Å². The van der Waals surface area contributed by atoms with E-state index < -0.39 is 0 Å². The minimum absolute atomic E-state index is 0.689. The minimum Gasteiger partial charge on any atom is -0.416 e. The molecule has 3 heteroatoms. The van der Waals surface area contributed by atoms with Crippen LogP contribution in [0.15, 0.2) is 0 Å². The Balaban J connectivity index is 1.96. The summed E-state index contributed by atoms with van der Waals surface area (Å²) in [5.74, 6) is 0. The summed E-state index contributed by atoms with van der Waals surface area (Å²) < 4.78 is 5.32. The molecule has 0 amide bonds. The van der Waals surface area contributed by atoms with Gasteiger partial charge in [-0.15, -0.1) is 0 Å². The van der Waals surface area contributed by atoms with Crippen molar-refractivity contribution in [2.75, 3.05) is 25.9 Å². The molecular formula is C8H17NOSi. The molecule has 2 nitrogen and oxygen atoms in total. The molecule has 1 fully saturated rings. The first-order valence-electron chi connectivity index (χ1n) is 4.50. The SMILES string of the molecule is CCO[Si]CN1CCCCC1. The smallest absolute Gasteiger partial charge is 0.245 e. The summed E-state index contributed by atoms with van der Waals surface area (Å²) in [6.45, 7) is 5.51.